The molecule has 162 valence electrons. The van der Waals surface area contributed by atoms with Crippen LogP contribution in [0, 0.1) is 22.7 Å². The molecule has 0 saturated heterocycles. The molecule has 0 bridgehead atoms. The van der Waals surface area contributed by atoms with E-state index in [1.54, 1.807) is 24.5 Å². The van der Waals surface area contributed by atoms with Crippen molar-refractivity contribution in [2.24, 2.45) is 0 Å². The SMILES string of the molecule is N#Cc1ccnc(-c2ccc3c4ccc(-c5cc(C#N)ccn5)cc4n(-c4ccccc4)c3c2)c1. The fraction of sp³-hybridized carbons (Fsp3) is 0. The summed E-state index contributed by atoms with van der Waals surface area (Å²) in [6, 6.07) is 34.2. The molecule has 3 heterocycles. The number of nitriles is 2. The molecule has 0 unspecified atom stereocenters. The van der Waals surface area contributed by atoms with Crippen molar-refractivity contribution in [1.29, 1.82) is 10.5 Å². The average molecular weight is 448 g/mol. The van der Waals surface area contributed by atoms with Crippen LogP contribution in [0.3, 0.4) is 0 Å². The predicted molar refractivity (Wildman–Crippen MR) is 137 cm³/mol. The van der Waals surface area contributed by atoms with Gasteiger partial charge in [-0.2, -0.15) is 10.5 Å². The van der Waals surface area contributed by atoms with Gasteiger partial charge in [-0.25, -0.2) is 0 Å². The summed E-state index contributed by atoms with van der Waals surface area (Å²) in [5.41, 5.74) is 7.69. The van der Waals surface area contributed by atoms with E-state index < -0.39 is 0 Å². The van der Waals surface area contributed by atoms with Gasteiger partial charge in [0, 0.05) is 40.0 Å². The highest BCUT2D eigenvalue weighted by Gasteiger charge is 2.15. The molecule has 3 aromatic carbocycles. The Hall–Kier alpha value is -5.26. The second kappa shape index (κ2) is 8.26. The molecule has 5 nitrogen and oxygen atoms in total. The maximum Gasteiger partial charge on any atom is 0.0992 e. The summed E-state index contributed by atoms with van der Waals surface area (Å²) >= 11 is 0. The molecule has 0 aliphatic carbocycles. The Labute approximate surface area is 201 Å². The molecule has 0 N–H and O–H groups in total. The quantitative estimate of drug-likeness (QED) is 0.304. The highest BCUT2D eigenvalue weighted by molar-refractivity contribution is 6.11. The fourth-order valence-corrected chi connectivity index (χ4v) is 4.51. The van der Waals surface area contributed by atoms with Crippen LogP contribution in [0.25, 0.3) is 50.0 Å². The van der Waals surface area contributed by atoms with E-state index in [2.05, 4.69) is 63.1 Å². The number of aromatic nitrogens is 3. The molecular formula is C30H17N5. The minimum Gasteiger partial charge on any atom is -0.309 e. The highest BCUT2D eigenvalue weighted by atomic mass is 15.0. The van der Waals surface area contributed by atoms with E-state index in [4.69, 9.17) is 0 Å². The van der Waals surface area contributed by atoms with Gasteiger partial charge in [-0.1, -0.05) is 42.5 Å². The summed E-state index contributed by atoms with van der Waals surface area (Å²) in [6.45, 7) is 0. The Morgan fingerprint density at radius 1 is 0.571 bits per heavy atom. The molecule has 0 amide bonds. The molecule has 6 aromatic rings. The van der Waals surface area contributed by atoms with Crippen LogP contribution in [-0.4, -0.2) is 14.5 Å². The van der Waals surface area contributed by atoms with Crippen molar-refractivity contribution < 1.29 is 0 Å². The molecule has 0 radical (unpaired) electrons. The highest BCUT2D eigenvalue weighted by Crippen LogP contribution is 2.36. The predicted octanol–water partition coefficient (Wildman–Crippen LogP) is 6.65. The maximum absolute atomic E-state index is 9.32. The van der Waals surface area contributed by atoms with Gasteiger partial charge in [-0.15, -0.1) is 0 Å². The lowest BCUT2D eigenvalue weighted by Crippen LogP contribution is -1.94. The summed E-state index contributed by atoms with van der Waals surface area (Å²) in [6.07, 6.45) is 3.33. The van der Waals surface area contributed by atoms with Crippen LogP contribution in [0.15, 0.2) is 103 Å². The van der Waals surface area contributed by atoms with Crippen molar-refractivity contribution in [3.05, 3.63) is 115 Å². The minimum absolute atomic E-state index is 0.579. The van der Waals surface area contributed by atoms with Crippen molar-refractivity contribution in [1.82, 2.24) is 14.5 Å². The topological polar surface area (TPSA) is 78.3 Å². The number of hydrogen-bond donors (Lipinski definition) is 0. The molecule has 0 spiro atoms. The largest absolute Gasteiger partial charge is 0.309 e. The first-order chi connectivity index (χ1) is 17.2. The number of hydrogen-bond acceptors (Lipinski definition) is 4. The smallest absolute Gasteiger partial charge is 0.0992 e. The van der Waals surface area contributed by atoms with E-state index in [1.165, 1.54) is 0 Å². The first kappa shape index (κ1) is 20.4. The van der Waals surface area contributed by atoms with Gasteiger partial charge in [0.05, 0.1) is 45.7 Å². The van der Waals surface area contributed by atoms with Crippen molar-refractivity contribution >= 4 is 21.8 Å². The Morgan fingerprint density at radius 3 is 1.57 bits per heavy atom. The molecule has 6 rings (SSSR count). The molecule has 0 aliphatic heterocycles. The lowest BCUT2D eigenvalue weighted by atomic mass is 10.0. The molecule has 0 saturated carbocycles. The summed E-state index contributed by atoms with van der Waals surface area (Å²) in [4.78, 5) is 8.99. The number of para-hydroxylation sites is 1. The van der Waals surface area contributed by atoms with E-state index in [0.29, 0.717) is 11.1 Å². The second-order valence-corrected chi connectivity index (χ2v) is 8.22. The Kier molecular flexibility index (Phi) is 4.80. The van der Waals surface area contributed by atoms with Gasteiger partial charge in [0.2, 0.25) is 0 Å². The Balaban J connectivity index is 1.64. The summed E-state index contributed by atoms with van der Waals surface area (Å²) in [5, 5.41) is 20.9. The zero-order chi connectivity index (χ0) is 23.8. The van der Waals surface area contributed by atoms with Crippen LogP contribution >= 0.6 is 0 Å². The zero-order valence-electron chi connectivity index (χ0n) is 18.6. The summed E-state index contributed by atoms with van der Waals surface area (Å²) < 4.78 is 2.24. The summed E-state index contributed by atoms with van der Waals surface area (Å²) in [5.74, 6) is 0. The second-order valence-electron chi connectivity index (χ2n) is 8.22. The standard InChI is InChI=1S/C30H17N5/c31-18-20-10-12-33-27(14-20)22-6-8-25-26-9-7-23(28-15-21(19-32)11-13-34-28)17-30(26)35(29(25)16-22)24-4-2-1-3-5-24/h1-17H. The number of fused-ring (bicyclic) bond motifs is 3. The van der Waals surface area contributed by atoms with Crippen molar-refractivity contribution in [2.45, 2.75) is 0 Å². The summed E-state index contributed by atoms with van der Waals surface area (Å²) in [7, 11) is 0. The van der Waals surface area contributed by atoms with Crippen LogP contribution in [0.4, 0.5) is 0 Å². The third-order valence-corrected chi connectivity index (χ3v) is 6.15. The van der Waals surface area contributed by atoms with E-state index in [-0.39, 0.29) is 0 Å². The van der Waals surface area contributed by atoms with Crippen LogP contribution in [0.5, 0.6) is 0 Å². The normalized spacial score (nSPS) is 10.8. The molecular weight excluding hydrogens is 430 g/mol. The first-order valence-corrected chi connectivity index (χ1v) is 11.1. The Morgan fingerprint density at radius 2 is 1.09 bits per heavy atom. The van der Waals surface area contributed by atoms with E-state index in [1.807, 2.05) is 42.5 Å². The third-order valence-electron chi connectivity index (χ3n) is 6.15. The molecule has 0 aliphatic rings. The minimum atomic E-state index is 0.579. The molecule has 35 heavy (non-hydrogen) atoms. The van der Waals surface area contributed by atoms with Crippen LogP contribution < -0.4 is 0 Å². The number of pyridine rings is 2. The number of nitrogens with zero attached hydrogens (tertiary/aromatic N) is 5. The van der Waals surface area contributed by atoms with Gasteiger partial charge in [0.15, 0.2) is 0 Å². The van der Waals surface area contributed by atoms with Gasteiger partial charge in [-0.05, 0) is 48.5 Å². The monoisotopic (exact) mass is 447 g/mol. The van der Waals surface area contributed by atoms with Gasteiger partial charge >= 0.3 is 0 Å². The fourth-order valence-electron chi connectivity index (χ4n) is 4.51. The van der Waals surface area contributed by atoms with Crippen LogP contribution in [0.2, 0.25) is 0 Å². The molecule has 0 fully saturated rings. The van der Waals surface area contributed by atoms with Crippen molar-refractivity contribution in [2.75, 3.05) is 0 Å². The van der Waals surface area contributed by atoms with Crippen LogP contribution in [0.1, 0.15) is 11.1 Å². The van der Waals surface area contributed by atoms with Crippen molar-refractivity contribution in [3.8, 4) is 40.3 Å². The first-order valence-electron chi connectivity index (χ1n) is 11.1. The van der Waals surface area contributed by atoms with E-state index in [0.717, 1.165) is 50.0 Å². The lowest BCUT2D eigenvalue weighted by Gasteiger charge is -2.09. The van der Waals surface area contributed by atoms with E-state index in [9.17, 15) is 10.5 Å². The number of rotatable bonds is 3. The van der Waals surface area contributed by atoms with Crippen LogP contribution in [-0.2, 0) is 0 Å². The Bertz CT molecular complexity index is 1700. The van der Waals surface area contributed by atoms with Gasteiger partial charge in [0.1, 0.15) is 0 Å². The van der Waals surface area contributed by atoms with E-state index >= 15 is 0 Å². The molecule has 0 atom stereocenters. The van der Waals surface area contributed by atoms with Gasteiger partial charge in [0.25, 0.3) is 0 Å². The molecule has 3 aromatic heterocycles. The van der Waals surface area contributed by atoms with Gasteiger partial charge < -0.3 is 4.57 Å². The third kappa shape index (κ3) is 3.49. The lowest BCUT2D eigenvalue weighted by molar-refractivity contribution is 1.18. The maximum atomic E-state index is 9.32. The zero-order valence-corrected chi connectivity index (χ0v) is 18.6. The van der Waals surface area contributed by atoms with Crippen molar-refractivity contribution in [3.63, 3.8) is 0 Å². The molecule has 5 heteroatoms. The average Bonchev–Trinajstić information content (AvgIpc) is 3.26. The number of benzene rings is 3. The van der Waals surface area contributed by atoms with Gasteiger partial charge in [-0.3, -0.25) is 9.97 Å².